The molecule has 2 heterocycles. The van der Waals surface area contributed by atoms with Gasteiger partial charge < -0.3 is 9.80 Å². The number of amides is 1. The van der Waals surface area contributed by atoms with Crippen LogP contribution < -0.4 is 4.90 Å². The number of fused-ring (bicyclic) bond motifs is 1. The summed E-state index contributed by atoms with van der Waals surface area (Å²) in [6, 6.07) is 26.0. The summed E-state index contributed by atoms with van der Waals surface area (Å²) in [5.41, 5.74) is 3.18. The van der Waals surface area contributed by atoms with Gasteiger partial charge in [0.15, 0.2) is 0 Å². The van der Waals surface area contributed by atoms with Crippen LogP contribution in [0.2, 0.25) is 5.02 Å². The highest BCUT2D eigenvalue weighted by molar-refractivity contribution is 6.31. The fourth-order valence-corrected chi connectivity index (χ4v) is 4.53. The van der Waals surface area contributed by atoms with Crippen molar-refractivity contribution in [3.63, 3.8) is 0 Å². The van der Waals surface area contributed by atoms with E-state index in [1.54, 1.807) is 6.08 Å². The van der Waals surface area contributed by atoms with E-state index in [0.717, 1.165) is 41.0 Å². The molecular weight excluding hydrogens is 456 g/mol. The minimum atomic E-state index is 0.0349. The van der Waals surface area contributed by atoms with Gasteiger partial charge in [-0.15, -0.1) is 0 Å². The van der Waals surface area contributed by atoms with Gasteiger partial charge in [-0.25, -0.2) is 9.97 Å². The molecule has 1 amide bonds. The number of halogens is 1. The first-order chi connectivity index (χ1) is 17.2. The summed E-state index contributed by atoms with van der Waals surface area (Å²) in [5, 5.41) is 1.61. The second-order valence-electron chi connectivity index (χ2n) is 8.67. The van der Waals surface area contributed by atoms with Crippen LogP contribution in [0.5, 0.6) is 0 Å². The van der Waals surface area contributed by atoms with Crippen molar-refractivity contribution in [2.75, 3.05) is 31.1 Å². The van der Waals surface area contributed by atoms with Gasteiger partial charge in [0.2, 0.25) is 5.91 Å². The summed E-state index contributed by atoms with van der Waals surface area (Å²) < 4.78 is 0. The molecule has 1 aliphatic rings. The number of carbonyl (C=O) groups is 1. The molecule has 176 valence electrons. The lowest BCUT2D eigenvalue weighted by atomic mass is 10.1. The SMILES string of the molecule is O=C(C=Cc1ccccc1)N1CCN(c2nc(CCc3ccccc3)nc3ccc(Cl)cc23)CC1. The molecule has 1 saturated heterocycles. The normalized spacial score (nSPS) is 14.1. The van der Waals surface area contributed by atoms with Crippen LogP contribution in [0.3, 0.4) is 0 Å². The number of aryl methyl sites for hydroxylation is 2. The van der Waals surface area contributed by atoms with E-state index in [1.165, 1.54) is 5.56 Å². The molecule has 0 radical (unpaired) electrons. The first-order valence-electron chi connectivity index (χ1n) is 11.9. The largest absolute Gasteiger partial charge is 0.352 e. The Labute approximate surface area is 210 Å². The van der Waals surface area contributed by atoms with Crippen LogP contribution in [0.25, 0.3) is 17.0 Å². The summed E-state index contributed by atoms with van der Waals surface area (Å²) in [5.74, 6) is 1.75. The summed E-state index contributed by atoms with van der Waals surface area (Å²) in [6.07, 6.45) is 5.17. The van der Waals surface area contributed by atoms with Crippen LogP contribution in [-0.4, -0.2) is 47.0 Å². The van der Waals surface area contributed by atoms with Gasteiger partial charge in [0.05, 0.1) is 5.52 Å². The average molecular weight is 483 g/mol. The summed E-state index contributed by atoms with van der Waals surface area (Å²) in [6.45, 7) is 2.70. The fourth-order valence-electron chi connectivity index (χ4n) is 4.36. The third kappa shape index (κ3) is 5.69. The molecule has 5 rings (SSSR count). The summed E-state index contributed by atoms with van der Waals surface area (Å²) in [7, 11) is 0. The average Bonchev–Trinajstić information content (AvgIpc) is 2.91. The molecule has 3 aromatic carbocycles. The summed E-state index contributed by atoms with van der Waals surface area (Å²) >= 11 is 6.33. The van der Waals surface area contributed by atoms with E-state index in [0.29, 0.717) is 31.2 Å². The maximum atomic E-state index is 12.7. The van der Waals surface area contributed by atoms with Gasteiger partial charge >= 0.3 is 0 Å². The first kappa shape index (κ1) is 23.1. The van der Waals surface area contributed by atoms with E-state index >= 15 is 0 Å². The van der Waals surface area contributed by atoms with Crippen molar-refractivity contribution in [3.8, 4) is 0 Å². The lowest BCUT2D eigenvalue weighted by molar-refractivity contribution is -0.126. The third-order valence-corrected chi connectivity index (χ3v) is 6.51. The van der Waals surface area contributed by atoms with E-state index < -0.39 is 0 Å². The molecule has 0 atom stereocenters. The minimum absolute atomic E-state index is 0.0349. The number of rotatable bonds is 6. The van der Waals surface area contributed by atoms with Crippen molar-refractivity contribution >= 4 is 40.3 Å². The molecule has 6 heteroatoms. The Kier molecular flexibility index (Phi) is 7.05. The quantitative estimate of drug-likeness (QED) is 0.344. The van der Waals surface area contributed by atoms with Gasteiger partial charge in [0.1, 0.15) is 11.6 Å². The zero-order chi connectivity index (χ0) is 24.0. The van der Waals surface area contributed by atoms with Gasteiger partial charge in [0, 0.05) is 49.1 Å². The van der Waals surface area contributed by atoms with Gasteiger partial charge in [-0.2, -0.15) is 0 Å². The van der Waals surface area contributed by atoms with Crippen LogP contribution in [0.1, 0.15) is 17.0 Å². The molecule has 0 spiro atoms. The Morgan fingerprint density at radius 2 is 1.57 bits per heavy atom. The molecule has 0 bridgehead atoms. The van der Waals surface area contributed by atoms with Gasteiger partial charge in [0.25, 0.3) is 0 Å². The van der Waals surface area contributed by atoms with Crippen LogP contribution in [0.4, 0.5) is 5.82 Å². The summed E-state index contributed by atoms with van der Waals surface area (Å²) in [4.78, 5) is 26.6. The van der Waals surface area contributed by atoms with E-state index in [9.17, 15) is 4.79 Å². The van der Waals surface area contributed by atoms with Crippen molar-refractivity contribution in [1.82, 2.24) is 14.9 Å². The van der Waals surface area contributed by atoms with Crippen LogP contribution in [0, 0.1) is 0 Å². The highest BCUT2D eigenvalue weighted by Gasteiger charge is 2.23. The van der Waals surface area contributed by atoms with Crippen molar-refractivity contribution < 1.29 is 4.79 Å². The second kappa shape index (κ2) is 10.7. The van der Waals surface area contributed by atoms with E-state index in [4.69, 9.17) is 21.6 Å². The van der Waals surface area contributed by atoms with Gasteiger partial charge in [-0.05, 0) is 41.8 Å². The second-order valence-corrected chi connectivity index (χ2v) is 9.10. The molecule has 4 aromatic rings. The number of anilines is 1. The maximum absolute atomic E-state index is 12.7. The minimum Gasteiger partial charge on any atom is -0.352 e. The molecule has 1 aromatic heterocycles. The van der Waals surface area contributed by atoms with E-state index in [2.05, 4.69) is 29.2 Å². The predicted molar refractivity (Wildman–Crippen MR) is 143 cm³/mol. The molecule has 0 saturated carbocycles. The van der Waals surface area contributed by atoms with Crippen LogP contribution >= 0.6 is 11.6 Å². The number of carbonyl (C=O) groups excluding carboxylic acids is 1. The van der Waals surface area contributed by atoms with E-state index in [-0.39, 0.29) is 5.91 Å². The van der Waals surface area contributed by atoms with Crippen molar-refractivity contribution in [3.05, 3.63) is 107 Å². The van der Waals surface area contributed by atoms with Gasteiger partial charge in [-0.1, -0.05) is 72.3 Å². The number of hydrogen-bond donors (Lipinski definition) is 0. The van der Waals surface area contributed by atoms with Crippen molar-refractivity contribution in [2.24, 2.45) is 0 Å². The molecule has 0 N–H and O–H groups in total. The van der Waals surface area contributed by atoms with Crippen molar-refractivity contribution in [2.45, 2.75) is 12.8 Å². The number of nitrogens with zero attached hydrogens (tertiary/aromatic N) is 4. The lowest BCUT2D eigenvalue weighted by Gasteiger charge is -2.35. The Morgan fingerprint density at radius 3 is 2.31 bits per heavy atom. The molecule has 0 unspecified atom stereocenters. The molecule has 0 aliphatic carbocycles. The third-order valence-electron chi connectivity index (χ3n) is 6.27. The Morgan fingerprint density at radius 1 is 0.857 bits per heavy atom. The molecule has 1 fully saturated rings. The highest BCUT2D eigenvalue weighted by atomic mass is 35.5. The Balaban J connectivity index is 1.32. The monoisotopic (exact) mass is 482 g/mol. The Bertz CT molecular complexity index is 1330. The van der Waals surface area contributed by atoms with E-state index in [1.807, 2.05) is 65.6 Å². The fraction of sp³-hybridized carbons (Fsp3) is 0.207. The molecule has 35 heavy (non-hydrogen) atoms. The molecular formula is C29H27ClN4O. The van der Waals surface area contributed by atoms with Crippen molar-refractivity contribution in [1.29, 1.82) is 0 Å². The van der Waals surface area contributed by atoms with Crippen LogP contribution in [-0.2, 0) is 17.6 Å². The molecule has 5 nitrogen and oxygen atoms in total. The predicted octanol–water partition coefficient (Wildman–Crippen LogP) is 5.43. The number of benzene rings is 3. The molecule has 1 aliphatic heterocycles. The number of piperazine rings is 1. The highest BCUT2D eigenvalue weighted by Crippen LogP contribution is 2.28. The zero-order valence-corrected chi connectivity index (χ0v) is 20.2. The smallest absolute Gasteiger partial charge is 0.246 e. The van der Waals surface area contributed by atoms with Gasteiger partial charge in [-0.3, -0.25) is 4.79 Å². The first-order valence-corrected chi connectivity index (χ1v) is 12.3. The number of hydrogen-bond acceptors (Lipinski definition) is 4. The Hall–Kier alpha value is -3.70. The lowest BCUT2D eigenvalue weighted by Crippen LogP contribution is -2.48. The van der Waals surface area contributed by atoms with Crippen LogP contribution in [0.15, 0.2) is 84.9 Å². The zero-order valence-electron chi connectivity index (χ0n) is 19.5. The maximum Gasteiger partial charge on any atom is 0.246 e. The topological polar surface area (TPSA) is 49.3 Å². The standard InChI is InChI=1S/C29H27ClN4O/c30-24-13-14-26-25(21-24)29(32-27(31-26)15-11-22-7-3-1-4-8-22)34-19-17-33(18-20-34)28(35)16-12-23-9-5-2-6-10-23/h1-10,12-14,16,21H,11,15,17-20H2. The number of aromatic nitrogens is 2.